The van der Waals surface area contributed by atoms with Crippen LogP contribution in [0.4, 0.5) is 5.95 Å². The molecule has 3 heterocycles. The second-order valence-corrected chi connectivity index (χ2v) is 8.16. The molecule has 162 valence electrons. The Bertz CT molecular complexity index is 761. The molecule has 2 saturated heterocycles. The lowest BCUT2D eigenvalue weighted by Gasteiger charge is -2.31. The second kappa shape index (κ2) is 10.9. The molecule has 1 aromatic carbocycles. The summed E-state index contributed by atoms with van der Waals surface area (Å²) in [6, 6.07) is 8.15. The monoisotopic (exact) mass is 431 g/mol. The number of piperidine rings is 1. The minimum absolute atomic E-state index is 0.270. The van der Waals surface area contributed by atoms with Gasteiger partial charge in [0.05, 0.1) is 25.9 Å². The number of hydrogen-bond donors (Lipinski definition) is 0. The molecule has 30 heavy (non-hydrogen) atoms. The average molecular weight is 432 g/mol. The molecular formula is C22H29N3O4S. The van der Waals surface area contributed by atoms with Crippen LogP contribution in [0.15, 0.2) is 36.7 Å². The van der Waals surface area contributed by atoms with Crippen LogP contribution in [-0.2, 0) is 19.5 Å². The highest BCUT2D eigenvalue weighted by Gasteiger charge is 2.21. The van der Waals surface area contributed by atoms with E-state index in [1.54, 1.807) is 0 Å². The van der Waals surface area contributed by atoms with Crippen LogP contribution < -0.4 is 9.64 Å². The van der Waals surface area contributed by atoms with Crippen molar-refractivity contribution in [3.63, 3.8) is 0 Å². The SMILES string of the molecule is CCc1cnc(N2CCC(OCCOc3ccc(C4COSOC4)cc3)CC2)nc1. The zero-order chi connectivity index (χ0) is 20.6. The summed E-state index contributed by atoms with van der Waals surface area (Å²) in [5.74, 6) is 1.96. The molecule has 8 heteroatoms. The standard InChI is InChI=1S/C22H29N3O4S/c1-2-17-13-23-22(24-14-17)25-9-7-21(8-10-25)27-12-11-26-20-5-3-18(4-6-20)19-15-28-30-29-16-19/h3-6,13-14,19,21H,2,7-12,15-16H2,1H3. The Hall–Kier alpha value is -1.87. The average Bonchev–Trinajstić information content (AvgIpc) is 2.83. The van der Waals surface area contributed by atoms with Crippen molar-refractivity contribution in [1.82, 2.24) is 9.97 Å². The third-order valence-electron chi connectivity index (χ3n) is 5.52. The third kappa shape index (κ3) is 5.85. The summed E-state index contributed by atoms with van der Waals surface area (Å²) in [6.07, 6.45) is 7.04. The molecule has 0 bridgehead atoms. The Kier molecular flexibility index (Phi) is 7.80. The molecular weight excluding hydrogens is 402 g/mol. The van der Waals surface area contributed by atoms with Gasteiger partial charge in [-0.25, -0.2) is 9.97 Å². The molecule has 2 aromatic rings. The largest absolute Gasteiger partial charge is 0.491 e. The van der Waals surface area contributed by atoms with Crippen LogP contribution >= 0.6 is 12.3 Å². The molecule has 1 aromatic heterocycles. The molecule has 0 N–H and O–H groups in total. The first-order valence-corrected chi connectivity index (χ1v) is 11.3. The Morgan fingerprint density at radius 2 is 1.73 bits per heavy atom. The molecule has 0 aliphatic carbocycles. The maximum Gasteiger partial charge on any atom is 0.225 e. The molecule has 0 saturated carbocycles. The molecule has 0 atom stereocenters. The number of anilines is 1. The van der Waals surface area contributed by atoms with Gasteiger partial charge in [-0.05, 0) is 42.5 Å². The fraction of sp³-hybridized carbons (Fsp3) is 0.545. The van der Waals surface area contributed by atoms with Gasteiger partial charge in [-0.2, -0.15) is 0 Å². The van der Waals surface area contributed by atoms with Crippen molar-refractivity contribution in [3.05, 3.63) is 47.8 Å². The topological polar surface area (TPSA) is 65.9 Å². The fourth-order valence-electron chi connectivity index (χ4n) is 3.62. The van der Waals surface area contributed by atoms with Gasteiger partial charge in [-0.15, -0.1) is 0 Å². The number of aryl methyl sites for hydroxylation is 1. The highest BCUT2D eigenvalue weighted by Crippen LogP contribution is 2.27. The first-order valence-electron chi connectivity index (χ1n) is 10.6. The summed E-state index contributed by atoms with van der Waals surface area (Å²) in [7, 11) is 0. The zero-order valence-corrected chi connectivity index (χ0v) is 18.2. The van der Waals surface area contributed by atoms with E-state index in [1.807, 2.05) is 24.5 Å². The van der Waals surface area contributed by atoms with Crippen LogP contribution in [0.3, 0.4) is 0 Å². The summed E-state index contributed by atoms with van der Waals surface area (Å²) in [5.41, 5.74) is 2.38. The number of rotatable bonds is 8. The first kappa shape index (κ1) is 21.4. The molecule has 0 unspecified atom stereocenters. The molecule has 2 aliphatic heterocycles. The summed E-state index contributed by atoms with van der Waals surface area (Å²) >= 11 is 1.07. The predicted molar refractivity (Wildman–Crippen MR) is 117 cm³/mol. The lowest BCUT2D eigenvalue weighted by atomic mass is 10.0. The Morgan fingerprint density at radius 3 is 2.40 bits per heavy atom. The van der Waals surface area contributed by atoms with E-state index < -0.39 is 0 Å². The van der Waals surface area contributed by atoms with E-state index in [0.717, 1.165) is 56.4 Å². The van der Waals surface area contributed by atoms with Gasteiger partial charge in [0.15, 0.2) is 12.3 Å². The second-order valence-electron chi connectivity index (χ2n) is 7.55. The Morgan fingerprint density at radius 1 is 1.03 bits per heavy atom. The number of nitrogens with zero attached hydrogens (tertiary/aromatic N) is 3. The zero-order valence-electron chi connectivity index (χ0n) is 17.4. The molecule has 0 spiro atoms. The van der Waals surface area contributed by atoms with Gasteiger partial charge >= 0.3 is 0 Å². The summed E-state index contributed by atoms with van der Waals surface area (Å²) < 4.78 is 22.4. The molecule has 2 aliphatic rings. The Labute approximate surface area is 182 Å². The highest BCUT2D eigenvalue weighted by molar-refractivity contribution is 7.89. The van der Waals surface area contributed by atoms with Gasteiger partial charge in [0, 0.05) is 31.4 Å². The van der Waals surface area contributed by atoms with E-state index in [9.17, 15) is 0 Å². The van der Waals surface area contributed by atoms with E-state index in [1.165, 1.54) is 11.1 Å². The van der Waals surface area contributed by atoms with Crippen LogP contribution in [0, 0.1) is 0 Å². The van der Waals surface area contributed by atoms with E-state index >= 15 is 0 Å². The number of hydrogen-bond acceptors (Lipinski definition) is 8. The molecule has 0 radical (unpaired) electrons. The molecule has 7 nitrogen and oxygen atoms in total. The smallest absolute Gasteiger partial charge is 0.225 e. The summed E-state index contributed by atoms with van der Waals surface area (Å²) in [4.78, 5) is 11.2. The molecule has 0 amide bonds. The molecule has 2 fully saturated rings. The van der Waals surface area contributed by atoms with Crippen molar-refractivity contribution in [1.29, 1.82) is 0 Å². The minimum atomic E-state index is 0.270. The first-order chi connectivity index (χ1) is 14.8. The van der Waals surface area contributed by atoms with Crippen LogP contribution in [0.2, 0.25) is 0 Å². The van der Waals surface area contributed by atoms with E-state index in [-0.39, 0.29) is 12.0 Å². The lowest BCUT2D eigenvalue weighted by molar-refractivity contribution is 0.0201. The van der Waals surface area contributed by atoms with Crippen LogP contribution in [0.25, 0.3) is 0 Å². The fourth-order valence-corrected chi connectivity index (χ4v) is 4.13. The van der Waals surface area contributed by atoms with Crippen molar-refractivity contribution in [3.8, 4) is 5.75 Å². The normalized spacial score (nSPS) is 18.5. The predicted octanol–water partition coefficient (Wildman–Crippen LogP) is 3.80. The maximum atomic E-state index is 6.02. The summed E-state index contributed by atoms with van der Waals surface area (Å²) in [6.45, 7) is 6.45. The van der Waals surface area contributed by atoms with Crippen molar-refractivity contribution < 1.29 is 17.8 Å². The number of benzene rings is 1. The van der Waals surface area contributed by atoms with Crippen LogP contribution in [0.1, 0.15) is 36.8 Å². The lowest BCUT2D eigenvalue weighted by Crippen LogP contribution is -2.38. The van der Waals surface area contributed by atoms with Gasteiger partial charge in [0.1, 0.15) is 12.4 Å². The quantitative estimate of drug-likeness (QED) is 0.462. The van der Waals surface area contributed by atoms with Crippen molar-refractivity contribution in [2.45, 2.75) is 38.2 Å². The van der Waals surface area contributed by atoms with Gasteiger partial charge in [0.2, 0.25) is 5.95 Å². The maximum absolute atomic E-state index is 6.02. The van der Waals surface area contributed by atoms with Gasteiger partial charge in [-0.1, -0.05) is 19.1 Å². The van der Waals surface area contributed by atoms with E-state index in [4.69, 9.17) is 17.8 Å². The third-order valence-corrected chi connectivity index (χ3v) is 5.98. The Balaban J connectivity index is 1.13. The number of aromatic nitrogens is 2. The van der Waals surface area contributed by atoms with Gasteiger partial charge < -0.3 is 14.4 Å². The van der Waals surface area contributed by atoms with Gasteiger partial charge in [-0.3, -0.25) is 8.37 Å². The van der Waals surface area contributed by atoms with Gasteiger partial charge in [0.25, 0.3) is 0 Å². The van der Waals surface area contributed by atoms with E-state index in [0.29, 0.717) is 26.4 Å². The number of ether oxygens (including phenoxy) is 2. The van der Waals surface area contributed by atoms with Crippen molar-refractivity contribution in [2.24, 2.45) is 0 Å². The molecule has 4 rings (SSSR count). The van der Waals surface area contributed by atoms with Crippen molar-refractivity contribution >= 4 is 18.3 Å². The van der Waals surface area contributed by atoms with E-state index in [2.05, 4.69) is 33.9 Å². The van der Waals surface area contributed by atoms with Crippen LogP contribution in [-0.4, -0.2) is 55.6 Å². The van der Waals surface area contributed by atoms with Crippen molar-refractivity contribution in [2.75, 3.05) is 44.4 Å². The summed E-state index contributed by atoms with van der Waals surface area (Å²) in [5, 5.41) is 0. The van der Waals surface area contributed by atoms with Crippen LogP contribution in [0.5, 0.6) is 5.75 Å². The highest BCUT2D eigenvalue weighted by atomic mass is 32.2. The minimum Gasteiger partial charge on any atom is -0.491 e.